The quantitative estimate of drug-likeness (QED) is 0.665. The van der Waals surface area contributed by atoms with Crippen molar-refractivity contribution in [1.82, 2.24) is 4.90 Å². The Balaban J connectivity index is 2.14. The molecule has 0 aromatic heterocycles. The summed E-state index contributed by atoms with van der Waals surface area (Å²) in [5, 5.41) is 2.29. The van der Waals surface area contributed by atoms with Crippen molar-refractivity contribution in [3.8, 4) is 0 Å². The van der Waals surface area contributed by atoms with Gasteiger partial charge in [0.15, 0.2) is 0 Å². The zero-order valence-electron chi connectivity index (χ0n) is 16.5. The molecule has 4 nitrogen and oxygen atoms in total. The maximum Gasteiger partial charge on any atom is 0.418 e. The molecule has 0 spiro atoms. The number of nitrogens with zero attached hydrogens (tertiary/aromatic N) is 1. The minimum atomic E-state index is -4.58. The molecule has 1 unspecified atom stereocenters. The van der Waals surface area contributed by atoms with Crippen molar-refractivity contribution in [2.24, 2.45) is 0 Å². The highest BCUT2D eigenvalue weighted by atomic mass is 19.4. The van der Waals surface area contributed by atoms with Crippen LogP contribution in [0, 0.1) is 0 Å². The number of hydrogen-bond acceptors (Lipinski definition) is 2. The Labute approximate surface area is 168 Å². The molecule has 156 valence electrons. The Bertz CT molecular complexity index is 822. The highest BCUT2D eigenvalue weighted by Crippen LogP contribution is 2.34. The molecule has 0 radical (unpaired) electrons. The molecule has 0 fully saturated rings. The van der Waals surface area contributed by atoms with Gasteiger partial charge in [0, 0.05) is 6.54 Å². The second kappa shape index (κ2) is 10.1. The predicted octanol–water partition coefficient (Wildman–Crippen LogP) is 5.08. The summed E-state index contributed by atoms with van der Waals surface area (Å²) in [7, 11) is 0. The summed E-state index contributed by atoms with van der Waals surface area (Å²) >= 11 is 0. The highest BCUT2D eigenvalue weighted by Gasteiger charge is 2.34. The average Bonchev–Trinajstić information content (AvgIpc) is 2.70. The first-order chi connectivity index (χ1) is 13.8. The van der Waals surface area contributed by atoms with Gasteiger partial charge < -0.3 is 10.2 Å². The van der Waals surface area contributed by atoms with Crippen molar-refractivity contribution < 1.29 is 22.8 Å². The van der Waals surface area contributed by atoms with E-state index in [1.165, 1.54) is 23.1 Å². The Hall–Kier alpha value is -2.83. The van der Waals surface area contributed by atoms with Crippen LogP contribution in [0.1, 0.15) is 43.7 Å². The molecule has 2 rings (SSSR count). The van der Waals surface area contributed by atoms with Gasteiger partial charge in [0.1, 0.15) is 0 Å². The van der Waals surface area contributed by atoms with Crippen LogP contribution in [-0.2, 0) is 15.8 Å². The van der Waals surface area contributed by atoms with E-state index in [0.29, 0.717) is 6.42 Å². The van der Waals surface area contributed by atoms with Crippen LogP contribution < -0.4 is 5.32 Å². The van der Waals surface area contributed by atoms with Crippen LogP contribution in [0.15, 0.2) is 54.6 Å². The highest BCUT2D eigenvalue weighted by molar-refractivity contribution is 5.96. The lowest BCUT2D eigenvalue weighted by Gasteiger charge is -2.26. The lowest BCUT2D eigenvalue weighted by Crippen LogP contribution is -2.40. The number of halogens is 3. The molecule has 1 N–H and O–H groups in total. The Kier molecular flexibility index (Phi) is 7.82. The smallest absolute Gasteiger partial charge is 0.333 e. The molecular weight excluding hydrogens is 381 g/mol. The van der Waals surface area contributed by atoms with Crippen LogP contribution in [0.3, 0.4) is 0 Å². The van der Waals surface area contributed by atoms with E-state index in [1.54, 1.807) is 6.92 Å². The minimum absolute atomic E-state index is 0.209. The lowest BCUT2D eigenvalue weighted by molar-refractivity contribution is -0.137. The molecule has 0 aliphatic carbocycles. The molecule has 29 heavy (non-hydrogen) atoms. The fourth-order valence-electron chi connectivity index (χ4n) is 3.18. The van der Waals surface area contributed by atoms with Crippen LogP contribution in [0.25, 0.3) is 0 Å². The largest absolute Gasteiger partial charge is 0.418 e. The first-order valence-corrected chi connectivity index (χ1v) is 9.57. The summed E-state index contributed by atoms with van der Waals surface area (Å²) in [6.45, 7) is 3.68. The van der Waals surface area contributed by atoms with Crippen molar-refractivity contribution in [1.29, 1.82) is 0 Å². The first-order valence-electron chi connectivity index (χ1n) is 9.57. The number of rotatable bonds is 8. The summed E-state index contributed by atoms with van der Waals surface area (Å²) in [4.78, 5) is 26.8. The summed E-state index contributed by atoms with van der Waals surface area (Å²) in [5.74, 6) is -1.27. The zero-order chi connectivity index (χ0) is 21.4. The van der Waals surface area contributed by atoms with Gasteiger partial charge in [-0.2, -0.15) is 13.2 Å². The topological polar surface area (TPSA) is 49.4 Å². The zero-order valence-corrected chi connectivity index (χ0v) is 16.5. The predicted molar refractivity (Wildman–Crippen MR) is 106 cm³/mol. The van der Waals surface area contributed by atoms with Crippen molar-refractivity contribution in [2.45, 2.75) is 38.8 Å². The second-order valence-corrected chi connectivity index (χ2v) is 6.70. The third-order valence-electron chi connectivity index (χ3n) is 4.61. The molecule has 0 aliphatic heterocycles. The average molecular weight is 406 g/mol. The molecule has 2 amide bonds. The van der Waals surface area contributed by atoms with E-state index in [4.69, 9.17) is 0 Å². The minimum Gasteiger partial charge on any atom is -0.333 e. The lowest BCUT2D eigenvalue weighted by atomic mass is 9.93. The van der Waals surface area contributed by atoms with Gasteiger partial charge in [0.2, 0.25) is 11.8 Å². The maximum absolute atomic E-state index is 13.1. The van der Waals surface area contributed by atoms with Gasteiger partial charge >= 0.3 is 6.18 Å². The van der Waals surface area contributed by atoms with Gasteiger partial charge in [-0.25, -0.2) is 0 Å². The van der Waals surface area contributed by atoms with Gasteiger partial charge in [-0.1, -0.05) is 55.8 Å². The van der Waals surface area contributed by atoms with Gasteiger partial charge in [0.25, 0.3) is 0 Å². The monoisotopic (exact) mass is 406 g/mol. The second-order valence-electron chi connectivity index (χ2n) is 6.70. The molecular formula is C22H25F3N2O2. The van der Waals surface area contributed by atoms with E-state index in [2.05, 4.69) is 5.32 Å². The van der Waals surface area contributed by atoms with Crippen molar-refractivity contribution >= 4 is 17.5 Å². The molecule has 0 saturated heterocycles. The number of anilines is 1. The first kappa shape index (κ1) is 22.5. The van der Waals surface area contributed by atoms with Crippen molar-refractivity contribution in [2.75, 3.05) is 18.4 Å². The Morgan fingerprint density at radius 3 is 2.21 bits per heavy atom. The number of para-hydroxylation sites is 1. The van der Waals surface area contributed by atoms with E-state index in [1.807, 2.05) is 37.3 Å². The number of hydrogen-bond donors (Lipinski definition) is 1. The Morgan fingerprint density at radius 2 is 1.62 bits per heavy atom. The number of amides is 2. The van der Waals surface area contributed by atoms with Crippen LogP contribution >= 0.6 is 0 Å². The summed E-state index contributed by atoms with van der Waals surface area (Å²) in [6.07, 6.45) is -3.17. The fourth-order valence-corrected chi connectivity index (χ4v) is 3.18. The summed E-state index contributed by atoms with van der Waals surface area (Å²) in [6, 6.07) is 14.1. The normalized spacial score (nSPS) is 12.3. The number of nitrogens with one attached hydrogen (secondary N) is 1. The standard InChI is InChI=1S/C22H25F3N2O2/c1-3-10-17(16-11-6-5-7-12-16)21(29)27(4-2)15-20(28)26-19-14-9-8-13-18(19)22(23,24)25/h5-9,11-14,17H,3-4,10,15H2,1-2H3,(H,26,28). The third kappa shape index (κ3) is 6.07. The molecule has 0 bridgehead atoms. The maximum atomic E-state index is 13.1. The van der Waals surface area contributed by atoms with Crippen molar-refractivity contribution in [3.63, 3.8) is 0 Å². The van der Waals surface area contributed by atoms with Crippen LogP contribution in [0.4, 0.5) is 18.9 Å². The van der Waals surface area contributed by atoms with E-state index >= 15 is 0 Å². The summed E-state index contributed by atoms with van der Waals surface area (Å²) in [5.41, 5.74) is -0.377. The van der Waals surface area contributed by atoms with Crippen LogP contribution in [-0.4, -0.2) is 29.8 Å². The molecule has 1 atom stereocenters. The van der Waals surface area contributed by atoms with E-state index in [0.717, 1.165) is 18.1 Å². The molecule has 0 aliphatic rings. The number of likely N-dealkylation sites (N-methyl/N-ethyl adjacent to an activating group) is 1. The Morgan fingerprint density at radius 1 is 1.00 bits per heavy atom. The number of carbonyl (C=O) groups is 2. The van der Waals surface area contributed by atoms with Gasteiger partial charge in [-0.15, -0.1) is 0 Å². The van der Waals surface area contributed by atoms with Crippen LogP contribution in [0.2, 0.25) is 0 Å². The van der Waals surface area contributed by atoms with Gasteiger partial charge in [0.05, 0.1) is 23.7 Å². The van der Waals surface area contributed by atoms with E-state index in [-0.39, 0.29) is 24.7 Å². The number of alkyl halides is 3. The SMILES string of the molecule is CCCC(C(=O)N(CC)CC(=O)Nc1ccccc1C(F)(F)F)c1ccccc1. The molecule has 7 heteroatoms. The van der Waals surface area contributed by atoms with E-state index < -0.39 is 23.6 Å². The van der Waals surface area contributed by atoms with Gasteiger partial charge in [-0.3, -0.25) is 9.59 Å². The molecule has 0 heterocycles. The fraction of sp³-hybridized carbons (Fsp3) is 0.364. The molecule has 0 saturated carbocycles. The summed E-state index contributed by atoms with van der Waals surface area (Å²) < 4.78 is 39.4. The van der Waals surface area contributed by atoms with Crippen molar-refractivity contribution in [3.05, 3.63) is 65.7 Å². The molecule has 2 aromatic carbocycles. The van der Waals surface area contributed by atoms with Crippen LogP contribution in [0.5, 0.6) is 0 Å². The molecule has 2 aromatic rings. The number of carbonyl (C=O) groups excluding carboxylic acids is 2. The number of benzene rings is 2. The van der Waals surface area contributed by atoms with E-state index in [9.17, 15) is 22.8 Å². The third-order valence-corrected chi connectivity index (χ3v) is 4.61. The van der Waals surface area contributed by atoms with Gasteiger partial charge in [-0.05, 0) is 31.0 Å².